The minimum absolute atomic E-state index is 0.0634. The fourth-order valence-electron chi connectivity index (χ4n) is 3.11. The van der Waals surface area contributed by atoms with E-state index >= 15 is 0 Å². The molecule has 4 nitrogen and oxygen atoms in total. The number of nitrogens with one attached hydrogen (secondary N) is 1. The molecular weight excluding hydrogens is 387 g/mol. The number of allylic oxidation sites excluding steroid dienone is 2. The molecule has 1 aliphatic rings. The van der Waals surface area contributed by atoms with Crippen LogP contribution in [0.25, 0.3) is 0 Å². The number of likely N-dealkylation sites (N-methyl/N-ethyl adjacent to an activating group) is 1. The molecule has 0 amide bonds. The molecule has 6 heteroatoms. The molecular formula is C23H25FN2O2S. The molecule has 0 spiro atoms. The van der Waals surface area contributed by atoms with Gasteiger partial charge in [0, 0.05) is 12.2 Å². The van der Waals surface area contributed by atoms with Crippen molar-refractivity contribution in [2.24, 2.45) is 0 Å². The molecule has 1 heterocycles. The monoisotopic (exact) mass is 412 g/mol. The first-order valence-corrected chi connectivity index (χ1v) is 11.1. The quantitative estimate of drug-likeness (QED) is 0.541. The smallest absolute Gasteiger partial charge is 0.245 e. The van der Waals surface area contributed by atoms with Crippen LogP contribution in [0.5, 0.6) is 5.75 Å². The summed E-state index contributed by atoms with van der Waals surface area (Å²) in [5, 5.41) is 0. The van der Waals surface area contributed by atoms with Gasteiger partial charge in [-0.3, -0.25) is 0 Å². The standard InChI is InChI=1S/C23H25FN2O2S/c1-5-26-21(10-8-12-23(26)28-19-15-13-17(2)14-16-19)18(3)25-29(4,27)22-11-7-6-9-20(22)24/h6-11,13-16,18H,4-5H2,1-3H3,(H,25,27). The Bertz CT molecular complexity index is 1080. The van der Waals surface area contributed by atoms with Crippen molar-refractivity contribution in [3.05, 3.63) is 89.4 Å². The molecule has 0 radical (unpaired) electrons. The zero-order valence-corrected chi connectivity index (χ0v) is 17.6. The van der Waals surface area contributed by atoms with Crippen molar-refractivity contribution in [1.29, 1.82) is 0 Å². The first kappa shape index (κ1) is 20.9. The minimum Gasteiger partial charge on any atom is -0.434 e. The number of nitrogens with zero attached hydrogens (tertiary/aromatic N) is 1. The van der Waals surface area contributed by atoms with Crippen molar-refractivity contribution < 1.29 is 13.3 Å². The molecule has 1 aliphatic heterocycles. The zero-order valence-electron chi connectivity index (χ0n) is 16.8. The Kier molecular flexibility index (Phi) is 6.28. The van der Waals surface area contributed by atoms with Crippen molar-refractivity contribution in [3.63, 3.8) is 0 Å². The Morgan fingerprint density at radius 1 is 1.24 bits per heavy atom. The molecule has 2 unspecified atom stereocenters. The number of halogens is 1. The normalized spacial score (nSPS) is 16.6. The first-order chi connectivity index (χ1) is 13.8. The van der Waals surface area contributed by atoms with Crippen LogP contribution in [0.3, 0.4) is 0 Å². The lowest BCUT2D eigenvalue weighted by molar-refractivity contribution is 0.251. The number of aryl methyl sites for hydroxylation is 1. The summed E-state index contributed by atoms with van der Waals surface area (Å²) in [5.74, 6) is 4.46. The Labute approximate surface area is 172 Å². The number of hydrogen-bond acceptors (Lipinski definition) is 3. The van der Waals surface area contributed by atoms with Gasteiger partial charge in [0.2, 0.25) is 5.88 Å². The Morgan fingerprint density at radius 2 is 1.93 bits per heavy atom. The van der Waals surface area contributed by atoms with Crippen LogP contribution in [0.2, 0.25) is 0 Å². The summed E-state index contributed by atoms with van der Waals surface area (Å²) in [5.41, 5.74) is 5.10. The third kappa shape index (κ3) is 4.80. The minimum atomic E-state index is -3.03. The predicted molar refractivity (Wildman–Crippen MR) is 116 cm³/mol. The average Bonchev–Trinajstić information content (AvgIpc) is 2.69. The van der Waals surface area contributed by atoms with Crippen LogP contribution in [-0.4, -0.2) is 27.6 Å². The van der Waals surface area contributed by atoms with Crippen LogP contribution < -0.4 is 9.46 Å². The van der Waals surface area contributed by atoms with Crippen LogP contribution in [0, 0.1) is 12.7 Å². The van der Waals surface area contributed by atoms with E-state index in [2.05, 4.69) is 16.3 Å². The molecule has 0 aromatic heterocycles. The van der Waals surface area contributed by atoms with Gasteiger partial charge in [0.05, 0.1) is 20.6 Å². The van der Waals surface area contributed by atoms with Gasteiger partial charge in [-0.2, -0.15) is 0 Å². The summed E-state index contributed by atoms with van der Waals surface area (Å²) in [6.45, 7) is 6.49. The van der Waals surface area contributed by atoms with Gasteiger partial charge in [-0.15, -0.1) is 0 Å². The number of hydrogen-bond donors (Lipinski definition) is 1. The molecule has 2 aromatic carbocycles. The van der Waals surface area contributed by atoms with Crippen LogP contribution in [0.1, 0.15) is 19.4 Å². The van der Waals surface area contributed by atoms with Gasteiger partial charge in [0.15, 0.2) is 0 Å². The molecule has 2 aromatic rings. The molecule has 0 aliphatic carbocycles. The number of rotatable bonds is 7. The molecule has 3 rings (SSSR count). The van der Waals surface area contributed by atoms with Gasteiger partial charge in [0.25, 0.3) is 0 Å². The summed E-state index contributed by atoms with van der Waals surface area (Å²) in [4.78, 5) is 2.00. The van der Waals surface area contributed by atoms with Crippen molar-refractivity contribution >= 4 is 15.6 Å². The van der Waals surface area contributed by atoms with Gasteiger partial charge in [0.1, 0.15) is 11.6 Å². The molecule has 0 bridgehead atoms. The summed E-state index contributed by atoms with van der Waals surface area (Å²) in [6.07, 6.45) is 3.64. The van der Waals surface area contributed by atoms with Crippen molar-refractivity contribution in [3.8, 4) is 5.75 Å². The third-order valence-electron chi connectivity index (χ3n) is 4.57. The fourth-order valence-corrected chi connectivity index (χ4v) is 4.61. The molecule has 1 N–H and O–H groups in total. The van der Waals surface area contributed by atoms with E-state index in [9.17, 15) is 8.60 Å². The maximum absolute atomic E-state index is 14.1. The highest BCUT2D eigenvalue weighted by Gasteiger charge is 2.24. The van der Waals surface area contributed by atoms with Gasteiger partial charge < -0.3 is 9.64 Å². The predicted octanol–water partition coefficient (Wildman–Crippen LogP) is 4.40. The second kappa shape index (κ2) is 8.70. The summed E-state index contributed by atoms with van der Waals surface area (Å²) < 4.78 is 36.2. The second-order valence-corrected chi connectivity index (χ2v) is 8.84. The first-order valence-electron chi connectivity index (χ1n) is 9.40. The lowest BCUT2D eigenvalue weighted by Gasteiger charge is -2.32. The highest BCUT2D eigenvalue weighted by Crippen LogP contribution is 2.24. The second-order valence-electron chi connectivity index (χ2n) is 6.81. The average molecular weight is 413 g/mol. The lowest BCUT2D eigenvalue weighted by atomic mass is 10.2. The van der Waals surface area contributed by atoms with Gasteiger partial charge in [-0.25, -0.2) is 13.3 Å². The molecule has 0 saturated carbocycles. The Morgan fingerprint density at radius 3 is 2.59 bits per heavy atom. The molecule has 29 heavy (non-hydrogen) atoms. The lowest BCUT2D eigenvalue weighted by Crippen LogP contribution is -2.41. The fraction of sp³-hybridized carbons (Fsp3) is 0.217. The highest BCUT2D eigenvalue weighted by atomic mass is 32.2. The van der Waals surface area contributed by atoms with Crippen molar-refractivity contribution in [1.82, 2.24) is 9.62 Å². The van der Waals surface area contributed by atoms with E-state index in [-0.39, 0.29) is 10.9 Å². The number of ether oxygens (including phenoxy) is 1. The molecule has 0 saturated heterocycles. The molecule has 152 valence electrons. The highest BCUT2D eigenvalue weighted by molar-refractivity contribution is 7.98. The Balaban J connectivity index is 1.80. The SMILES string of the molecule is C=S(=O)(NC(C)C1=CC=C=C(Oc2ccc(C)cc2)N1CC)c1ccccc1F. The van der Waals surface area contributed by atoms with E-state index in [0.717, 1.165) is 11.3 Å². The van der Waals surface area contributed by atoms with Gasteiger partial charge in [-0.1, -0.05) is 35.6 Å². The van der Waals surface area contributed by atoms with E-state index in [1.54, 1.807) is 18.2 Å². The van der Waals surface area contributed by atoms with Gasteiger partial charge in [-0.05, 0) is 63.1 Å². The van der Waals surface area contributed by atoms with Crippen molar-refractivity contribution in [2.45, 2.75) is 31.7 Å². The van der Waals surface area contributed by atoms with Crippen LogP contribution in [-0.2, 0) is 9.71 Å². The van der Waals surface area contributed by atoms with Crippen LogP contribution >= 0.6 is 0 Å². The maximum Gasteiger partial charge on any atom is 0.245 e. The zero-order chi connectivity index (χ0) is 21.0. The summed E-state index contributed by atoms with van der Waals surface area (Å²) in [7, 11) is -3.03. The number of benzene rings is 2. The largest absolute Gasteiger partial charge is 0.434 e. The van der Waals surface area contributed by atoms with Gasteiger partial charge >= 0.3 is 0 Å². The summed E-state index contributed by atoms with van der Waals surface area (Å²) >= 11 is 0. The topological polar surface area (TPSA) is 41.6 Å². The van der Waals surface area contributed by atoms with E-state index in [1.165, 1.54) is 12.1 Å². The third-order valence-corrected chi connectivity index (χ3v) is 6.35. The maximum atomic E-state index is 14.1. The van der Waals surface area contributed by atoms with Crippen LogP contribution in [0.15, 0.2) is 82.9 Å². The van der Waals surface area contributed by atoms with E-state index in [1.807, 2.05) is 56.0 Å². The molecule has 0 fully saturated rings. The van der Waals surface area contributed by atoms with Crippen LogP contribution in [0.4, 0.5) is 4.39 Å². The Hall–Kier alpha value is -2.79. The van der Waals surface area contributed by atoms with E-state index in [0.29, 0.717) is 18.2 Å². The summed E-state index contributed by atoms with van der Waals surface area (Å²) in [6, 6.07) is 13.4. The van der Waals surface area contributed by atoms with E-state index in [4.69, 9.17) is 4.74 Å². The molecule has 2 atom stereocenters. The van der Waals surface area contributed by atoms with E-state index < -0.39 is 15.5 Å². The van der Waals surface area contributed by atoms with Crippen molar-refractivity contribution in [2.75, 3.05) is 6.54 Å².